The van der Waals surface area contributed by atoms with Gasteiger partial charge in [0.2, 0.25) is 11.8 Å². The van der Waals surface area contributed by atoms with Crippen molar-refractivity contribution < 1.29 is 18.7 Å². The van der Waals surface area contributed by atoms with Gasteiger partial charge in [0, 0.05) is 31.1 Å². The van der Waals surface area contributed by atoms with E-state index in [0.29, 0.717) is 22.0 Å². The van der Waals surface area contributed by atoms with Crippen molar-refractivity contribution in [2.45, 2.75) is 20.3 Å². The van der Waals surface area contributed by atoms with Gasteiger partial charge < -0.3 is 15.0 Å². The van der Waals surface area contributed by atoms with Crippen LogP contribution in [0.25, 0.3) is 0 Å². The van der Waals surface area contributed by atoms with Gasteiger partial charge in [0.25, 0.3) is 0 Å². The molecular formula is C20H22ClFN2O3. The number of amides is 2. The van der Waals surface area contributed by atoms with Crippen LogP contribution in [0.15, 0.2) is 36.4 Å². The molecular weight excluding hydrogens is 371 g/mol. The molecule has 0 fully saturated rings. The van der Waals surface area contributed by atoms with Gasteiger partial charge in [0.05, 0.1) is 19.2 Å². The average molecular weight is 393 g/mol. The number of anilines is 1. The maximum absolute atomic E-state index is 12.9. The van der Waals surface area contributed by atoms with Crippen molar-refractivity contribution in [3.05, 3.63) is 58.4 Å². The summed E-state index contributed by atoms with van der Waals surface area (Å²) in [5.74, 6) is -0.242. The SMILES string of the molecule is COc1cc(Cl)c(C)cc1N(CCNC(=O)Cc1ccc(F)cc1)C(C)=O. The fourth-order valence-corrected chi connectivity index (χ4v) is 2.78. The summed E-state index contributed by atoms with van der Waals surface area (Å²) >= 11 is 6.12. The van der Waals surface area contributed by atoms with Gasteiger partial charge in [0.1, 0.15) is 11.6 Å². The van der Waals surface area contributed by atoms with Crippen LogP contribution in [0.3, 0.4) is 0 Å². The zero-order chi connectivity index (χ0) is 20.0. The van der Waals surface area contributed by atoms with Crippen molar-refractivity contribution in [3.63, 3.8) is 0 Å². The molecule has 7 heteroatoms. The lowest BCUT2D eigenvalue weighted by atomic mass is 10.1. The van der Waals surface area contributed by atoms with Crippen molar-refractivity contribution in [2.24, 2.45) is 0 Å². The number of nitrogens with zero attached hydrogens (tertiary/aromatic N) is 1. The molecule has 0 saturated heterocycles. The van der Waals surface area contributed by atoms with E-state index >= 15 is 0 Å². The summed E-state index contributed by atoms with van der Waals surface area (Å²) in [4.78, 5) is 25.7. The van der Waals surface area contributed by atoms with Gasteiger partial charge in [-0.3, -0.25) is 9.59 Å². The van der Waals surface area contributed by atoms with E-state index in [4.69, 9.17) is 16.3 Å². The summed E-state index contributed by atoms with van der Waals surface area (Å²) in [6.07, 6.45) is 0.143. The number of hydrogen-bond acceptors (Lipinski definition) is 3. The van der Waals surface area contributed by atoms with E-state index in [0.717, 1.165) is 5.56 Å². The Bertz CT molecular complexity index is 825. The lowest BCUT2D eigenvalue weighted by molar-refractivity contribution is -0.121. The van der Waals surface area contributed by atoms with Crippen molar-refractivity contribution in [2.75, 3.05) is 25.1 Å². The van der Waals surface area contributed by atoms with E-state index in [2.05, 4.69) is 5.32 Å². The molecule has 2 amide bonds. The number of nitrogens with one attached hydrogen (secondary N) is 1. The van der Waals surface area contributed by atoms with Gasteiger partial charge in [-0.1, -0.05) is 23.7 Å². The molecule has 2 aromatic carbocycles. The van der Waals surface area contributed by atoms with E-state index in [9.17, 15) is 14.0 Å². The lowest BCUT2D eigenvalue weighted by Gasteiger charge is -2.24. The van der Waals surface area contributed by atoms with Crippen LogP contribution in [0.1, 0.15) is 18.1 Å². The molecule has 5 nitrogen and oxygen atoms in total. The Kier molecular flexibility index (Phi) is 7.19. The highest BCUT2D eigenvalue weighted by Gasteiger charge is 2.18. The van der Waals surface area contributed by atoms with Crippen LogP contribution in [0.5, 0.6) is 5.75 Å². The van der Waals surface area contributed by atoms with E-state index in [1.54, 1.807) is 24.3 Å². The van der Waals surface area contributed by atoms with Crippen LogP contribution >= 0.6 is 11.6 Å². The molecule has 0 aromatic heterocycles. The number of rotatable bonds is 7. The third-order valence-electron chi connectivity index (χ3n) is 4.07. The summed E-state index contributed by atoms with van der Waals surface area (Å²) in [5.41, 5.74) is 2.13. The van der Waals surface area contributed by atoms with Gasteiger partial charge in [-0.15, -0.1) is 0 Å². The van der Waals surface area contributed by atoms with Gasteiger partial charge in [0.15, 0.2) is 0 Å². The maximum atomic E-state index is 12.9. The van der Waals surface area contributed by atoms with Crippen LogP contribution in [0.4, 0.5) is 10.1 Å². The molecule has 0 aliphatic carbocycles. The highest BCUT2D eigenvalue weighted by molar-refractivity contribution is 6.31. The van der Waals surface area contributed by atoms with Gasteiger partial charge in [-0.05, 0) is 36.2 Å². The largest absolute Gasteiger partial charge is 0.495 e. The first kappa shape index (κ1) is 20.7. The molecule has 0 radical (unpaired) electrons. The number of benzene rings is 2. The Hall–Kier alpha value is -2.60. The quantitative estimate of drug-likeness (QED) is 0.784. The smallest absolute Gasteiger partial charge is 0.224 e. The molecule has 0 aliphatic rings. The Morgan fingerprint density at radius 2 is 1.89 bits per heavy atom. The molecule has 144 valence electrons. The second-order valence-corrected chi connectivity index (χ2v) is 6.50. The molecule has 0 unspecified atom stereocenters. The Morgan fingerprint density at radius 1 is 1.22 bits per heavy atom. The molecule has 0 atom stereocenters. The molecule has 2 aromatic rings. The first-order valence-corrected chi connectivity index (χ1v) is 8.83. The van der Waals surface area contributed by atoms with Crippen LogP contribution in [-0.2, 0) is 16.0 Å². The third-order valence-corrected chi connectivity index (χ3v) is 4.47. The van der Waals surface area contributed by atoms with Crippen LogP contribution in [0, 0.1) is 12.7 Å². The van der Waals surface area contributed by atoms with Gasteiger partial charge in [-0.25, -0.2) is 4.39 Å². The fourth-order valence-electron chi connectivity index (χ4n) is 2.63. The molecule has 0 spiro atoms. The number of aryl methyl sites for hydroxylation is 1. The van der Waals surface area contributed by atoms with Crippen molar-refractivity contribution >= 4 is 29.1 Å². The minimum absolute atomic E-state index is 0.143. The summed E-state index contributed by atoms with van der Waals surface area (Å²) < 4.78 is 18.2. The predicted octanol–water partition coefficient (Wildman–Crippen LogP) is 3.51. The first-order chi connectivity index (χ1) is 12.8. The molecule has 27 heavy (non-hydrogen) atoms. The normalized spacial score (nSPS) is 10.4. The number of methoxy groups -OCH3 is 1. The topological polar surface area (TPSA) is 58.6 Å². The van der Waals surface area contributed by atoms with Crippen molar-refractivity contribution in [1.29, 1.82) is 0 Å². The zero-order valence-corrected chi connectivity index (χ0v) is 16.3. The molecule has 2 rings (SSSR count). The Labute approximate surface area is 163 Å². The second-order valence-electron chi connectivity index (χ2n) is 6.10. The molecule has 0 saturated carbocycles. The van der Waals surface area contributed by atoms with Crippen molar-refractivity contribution in [3.8, 4) is 5.75 Å². The molecule has 0 bridgehead atoms. The summed E-state index contributed by atoms with van der Waals surface area (Å²) in [6.45, 7) is 3.84. The minimum atomic E-state index is -0.344. The zero-order valence-electron chi connectivity index (χ0n) is 15.5. The average Bonchev–Trinajstić information content (AvgIpc) is 2.62. The van der Waals surface area contributed by atoms with E-state index < -0.39 is 0 Å². The van der Waals surface area contributed by atoms with Crippen molar-refractivity contribution in [1.82, 2.24) is 5.32 Å². The highest BCUT2D eigenvalue weighted by atomic mass is 35.5. The standard InChI is InChI=1S/C20H22ClFN2O3/c1-13-10-18(19(27-3)12-17(13)21)24(14(2)25)9-8-23-20(26)11-15-4-6-16(22)7-5-15/h4-7,10,12H,8-9,11H2,1-3H3,(H,23,26). The number of ether oxygens (including phenoxy) is 1. The number of hydrogen-bond donors (Lipinski definition) is 1. The van der Waals surface area contributed by atoms with Crippen LogP contribution in [0.2, 0.25) is 5.02 Å². The van der Waals surface area contributed by atoms with E-state index in [1.165, 1.54) is 31.1 Å². The molecule has 0 aliphatic heterocycles. The first-order valence-electron chi connectivity index (χ1n) is 8.45. The minimum Gasteiger partial charge on any atom is -0.495 e. The Balaban J connectivity index is 2.01. The maximum Gasteiger partial charge on any atom is 0.224 e. The number of halogens is 2. The molecule has 1 N–H and O–H groups in total. The van der Waals surface area contributed by atoms with E-state index in [-0.39, 0.29) is 37.1 Å². The van der Waals surface area contributed by atoms with Gasteiger partial charge in [-0.2, -0.15) is 0 Å². The number of carbonyl (C=O) groups is 2. The predicted molar refractivity (Wildman–Crippen MR) is 104 cm³/mol. The fraction of sp³-hybridized carbons (Fsp3) is 0.300. The monoisotopic (exact) mass is 392 g/mol. The molecule has 0 heterocycles. The van der Waals surface area contributed by atoms with Crippen LogP contribution < -0.4 is 15.0 Å². The Morgan fingerprint density at radius 3 is 2.48 bits per heavy atom. The highest BCUT2D eigenvalue weighted by Crippen LogP contribution is 2.33. The van der Waals surface area contributed by atoms with Gasteiger partial charge >= 0.3 is 0 Å². The number of carbonyl (C=O) groups excluding carboxylic acids is 2. The summed E-state index contributed by atoms with van der Waals surface area (Å²) in [6, 6.07) is 9.21. The van der Waals surface area contributed by atoms with E-state index in [1.807, 2.05) is 6.92 Å². The lowest BCUT2D eigenvalue weighted by Crippen LogP contribution is -2.38. The van der Waals surface area contributed by atoms with Crippen LogP contribution in [-0.4, -0.2) is 32.0 Å². The second kappa shape index (κ2) is 9.37. The third kappa shape index (κ3) is 5.69. The summed E-state index contributed by atoms with van der Waals surface area (Å²) in [5, 5.41) is 3.32. The summed E-state index contributed by atoms with van der Waals surface area (Å²) in [7, 11) is 1.51.